The third-order valence-electron chi connectivity index (χ3n) is 4.81. The van der Waals surface area contributed by atoms with Gasteiger partial charge in [-0.3, -0.25) is 4.79 Å². The lowest BCUT2D eigenvalue weighted by molar-refractivity contribution is -0.129. The Bertz CT molecular complexity index is 866. The van der Waals surface area contributed by atoms with Crippen LogP contribution in [0.25, 0.3) is 0 Å². The number of rotatable bonds is 6. The van der Waals surface area contributed by atoms with Crippen LogP contribution < -0.4 is 0 Å². The lowest BCUT2D eigenvalue weighted by Crippen LogP contribution is -2.34. The summed E-state index contributed by atoms with van der Waals surface area (Å²) in [6, 6.07) is 17.0. The Balaban J connectivity index is 2.03. The molecular formula is C22H29NO3S. The molecule has 0 radical (unpaired) electrons. The van der Waals surface area contributed by atoms with Crippen LogP contribution in [-0.2, 0) is 25.8 Å². The molecule has 0 saturated heterocycles. The van der Waals surface area contributed by atoms with E-state index in [0.717, 1.165) is 11.1 Å². The summed E-state index contributed by atoms with van der Waals surface area (Å²) < 4.78 is 25.0. The van der Waals surface area contributed by atoms with Crippen molar-refractivity contribution < 1.29 is 13.2 Å². The molecule has 0 N–H and O–H groups in total. The standard InChI is InChI=1S/C22H29NO3S/c1-17(19-9-7-6-8-10-19)23(5)21(24)16-27(25,26)15-18-11-13-20(14-12-18)22(2,3)4/h6-14,17H,15-16H2,1-5H3/t17-/m0/s1. The number of sulfone groups is 1. The zero-order chi connectivity index (χ0) is 20.2. The van der Waals surface area contributed by atoms with E-state index >= 15 is 0 Å². The smallest absolute Gasteiger partial charge is 0.238 e. The molecule has 0 saturated carbocycles. The topological polar surface area (TPSA) is 54.5 Å². The Morgan fingerprint density at radius 3 is 2.07 bits per heavy atom. The van der Waals surface area contributed by atoms with E-state index in [0.29, 0.717) is 5.56 Å². The van der Waals surface area contributed by atoms with Crippen molar-refractivity contribution in [3.63, 3.8) is 0 Å². The quantitative estimate of drug-likeness (QED) is 0.749. The first-order valence-electron chi connectivity index (χ1n) is 9.10. The molecule has 27 heavy (non-hydrogen) atoms. The van der Waals surface area contributed by atoms with Crippen LogP contribution in [0.2, 0.25) is 0 Å². The number of hydrogen-bond donors (Lipinski definition) is 0. The van der Waals surface area contributed by atoms with Crippen LogP contribution in [0.3, 0.4) is 0 Å². The van der Waals surface area contributed by atoms with Crippen LogP contribution in [0.4, 0.5) is 0 Å². The summed E-state index contributed by atoms with van der Waals surface area (Å²) in [7, 11) is -1.89. The Hall–Kier alpha value is -2.14. The van der Waals surface area contributed by atoms with Gasteiger partial charge in [0.25, 0.3) is 0 Å². The van der Waals surface area contributed by atoms with Crippen molar-refractivity contribution in [2.24, 2.45) is 0 Å². The predicted octanol–water partition coefficient (Wildman–Crippen LogP) is 4.12. The van der Waals surface area contributed by atoms with E-state index in [2.05, 4.69) is 20.8 Å². The average Bonchev–Trinajstić information content (AvgIpc) is 2.60. The van der Waals surface area contributed by atoms with Gasteiger partial charge in [0, 0.05) is 7.05 Å². The lowest BCUT2D eigenvalue weighted by Gasteiger charge is -2.25. The zero-order valence-corrected chi connectivity index (χ0v) is 17.6. The first kappa shape index (κ1) is 21.2. The van der Waals surface area contributed by atoms with Crippen LogP contribution in [0.1, 0.15) is 50.4 Å². The zero-order valence-electron chi connectivity index (χ0n) is 16.8. The van der Waals surface area contributed by atoms with E-state index in [1.807, 2.05) is 61.5 Å². The van der Waals surface area contributed by atoms with E-state index in [-0.39, 0.29) is 17.2 Å². The second-order valence-corrected chi connectivity index (χ2v) is 10.1. The number of amides is 1. The van der Waals surface area contributed by atoms with Crippen molar-refractivity contribution in [3.8, 4) is 0 Å². The second-order valence-electron chi connectivity index (χ2n) is 8.07. The molecule has 4 nitrogen and oxygen atoms in total. The van der Waals surface area contributed by atoms with E-state index in [1.165, 1.54) is 4.90 Å². The molecule has 0 aliphatic carbocycles. The molecule has 0 aromatic heterocycles. The summed E-state index contributed by atoms with van der Waals surface area (Å²) in [4.78, 5) is 14.0. The first-order chi connectivity index (χ1) is 12.5. The summed E-state index contributed by atoms with van der Waals surface area (Å²) in [5.74, 6) is -1.00. The van der Waals surface area contributed by atoms with Gasteiger partial charge in [-0.15, -0.1) is 0 Å². The third kappa shape index (κ3) is 5.93. The van der Waals surface area contributed by atoms with E-state index in [9.17, 15) is 13.2 Å². The second kappa shape index (κ2) is 8.26. The Kier molecular flexibility index (Phi) is 6.47. The van der Waals surface area contributed by atoms with Crippen LogP contribution in [0.5, 0.6) is 0 Å². The molecule has 0 aliphatic heterocycles. The maximum atomic E-state index is 12.5. The molecule has 146 valence electrons. The van der Waals surface area contributed by atoms with Gasteiger partial charge in [-0.05, 0) is 29.0 Å². The van der Waals surface area contributed by atoms with E-state index < -0.39 is 21.5 Å². The monoisotopic (exact) mass is 387 g/mol. The van der Waals surface area contributed by atoms with Crippen molar-refractivity contribution in [3.05, 3.63) is 71.3 Å². The van der Waals surface area contributed by atoms with Gasteiger partial charge in [0.15, 0.2) is 9.84 Å². The van der Waals surface area contributed by atoms with Gasteiger partial charge in [-0.25, -0.2) is 8.42 Å². The fraction of sp³-hybridized carbons (Fsp3) is 0.409. The molecule has 1 atom stereocenters. The summed E-state index contributed by atoms with van der Waals surface area (Å²) in [6.07, 6.45) is 0. The van der Waals surface area contributed by atoms with Crippen LogP contribution in [0, 0.1) is 0 Å². The summed E-state index contributed by atoms with van der Waals surface area (Å²) in [5, 5.41) is 0. The van der Waals surface area contributed by atoms with Crippen molar-refractivity contribution >= 4 is 15.7 Å². The number of carbonyl (C=O) groups excluding carboxylic acids is 1. The highest BCUT2D eigenvalue weighted by molar-refractivity contribution is 7.91. The minimum atomic E-state index is -3.53. The first-order valence-corrected chi connectivity index (χ1v) is 10.9. The molecule has 0 fully saturated rings. The molecule has 2 aromatic carbocycles. The lowest BCUT2D eigenvalue weighted by atomic mass is 9.87. The normalized spacial score (nSPS) is 13.2. The molecule has 0 spiro atoms. The highest BCUT2D eigenvalue weighted by atomic mass is 32.2. The summed E-state index contributed by atoms with van der Waals surface area (Å²) >= 11 is 0. The summed E-state index contributed by atoms with van der Waals surface area (Å²) in [5.41, 5.74) is 2.85. The molecular weight excluding hydrogens is 358 g/mol. The molecule has 2 aromatic rings. The Labute approximate surface area is 163 Å². The highest BCUT2D eigenvalue weighted by Crippen LogP contribution is 2.23. The van der Waals surface area contributed by atoms with E-state index in [4.69, 9.17) is 0 Å². The van der Waals surface area contributed by atoms with Gasteiger partial charge < -0.3 is 4.90 Å². The van der Waals surface area contributed by atoms with Crippen LogP contribution in [-0.4, -0.2) is 32.0 Å². The van der Waals surface area contributed by atoms with Crippen LogP contribution >= 0.6 is 0 Å². The Morgan fingerprint density at radius 1 is 1.00 bits per heavy atom. The van der Waals surface area contributed by atoms with Gasteiger partial charge in [-0.2, -0.15) is 0 Å². The van der Waals surface area contributed by atoms with Gasteiger partial charge in [0.2, 0.25) is 5.91 Å². The van der Waals surface area contributed by atoms with Crippen LogP contribution in [0.15, 0.2) is 54.6 Å². The molecule has 0 bridgehead atoms. The molecule has 1 amide bonds. The maximum Gasteiger partial charge on any atom is 0.238 e. The fourth-order valence-electron chi connectivity index (χ4n) is 2.87. The largest absolute Gasteiger partial charge is 0.338 e. The molecule has 2 rings (SSSR count). The van der Waals surface area contributed by atoms with Crippen molar-refractivity contribution in [1.82, 2.24) is 4.90 Å². The van der Waals surface area contributed by atoms with Crippen molar-refractivity contribution in [2.45, 2.75) is 44.9 Å². The maximum absolute atomic E-state index is 12.5. The van der Waals surface area contributed by atoms with Crippen molar-refractivity contribution in [1.29, 1.82) is 0 Å². The van der Waals surface area contributed by atoms with Gasteiger partial charge in [0.1, 0.15) is 5.75 Å². The SMILES string of the molecule is C[C@@H](c1ccccc1)N(C)C(=O)CS(=O)(=O)Cc1ccc(C(C)(C)C)cc1. The Morgan fingerprint density at radius 2 is 1.56 bits per heavy atom. The minimum absolute atomic E-state index is 0.0175. The number of benzene rings is 2. The third-order valence-corrected chi connectivity index (χ3v) is 6.27. The summed E-state index contributed by atoms with van der Waals surface area (Å²) in [6.45, 7) is 8.23. The number of carbonyl (C=O) groups is 1. The molecule has 0 unspecified atom stereocenters. The predicted molar refractivity (Wildman–Crippen MR) is 110 cm³/mol. The molecule has 5 heteroatoms. The van der Waals surface area contributed by atoms with Gasteiger partial charge in [-0.1, -0.05) is 75.4 Å². The minimum Gasteiger partial charge on any atom is -0.338 e. The number of hydrogen-bond acceptors (Lipinski definition) is 3. The molecule has 0 aliphatic rings. The average molecular weight is 388 g/mol. The highest BCUT2D eigenvalue weighted by Gasteiger charge is 2.24. The van der Waals surface area contributed by atoms with E-state index in [1.54, 1.807) is 7.05 Å². The van der Waals surface area contributed by atoms with Gasteiger partial charge >= 0.3 is 0 Å². The van der Waals surface area contributed by atoms with Gasteiger partial charge in [0.05, 0.1) is 11.8 Å². The molecule has 0 heterocycles. The number of nitrogens with zero attached hydrogens (tertiary/aromatic N) is 1. The fourth-order valence-corrected chi connectivity index (χ4v) is 4.25. The van der Waals surface area contributed by atoms with Crippen molar-refractivity contribution in [2.75, 3.05) is 12.8 Å².